The van der Waals surface area contributed by atoms with Crippen LogP contribution in [0.1, 0.15) is 58.3 Å². The maximum atomic E-state index is 6.07. The standard InChI is InChI=1S/C13H25N/c1-10-4-2-5-11(8-10)12-6-3-7-13(14)9-12/h10-13H,2-9,14H2,1H3. The predicted molar refractivity (Wildman–Crippen MR) is 61.1 cm³/mol. The van der Waals surface area contributed by atoms with Crippen LogP contribution in [-0.2, 0) is 0 Å². The zero-order valence-electron chi connectivity index (χ0n) is 9.54. The lowest BCUT2D eigenvalue weighted by molar-refractivity contribution is 0.157. The Kier molecular flexibility index (Phi) is 3.48. The fourth-order valence-electron chi connectivity index (χ4n) is 3.60. The average molecular weight is 195 g/mol. The van der Waals surface area contributed by atoms with Crippen LogP contribution in [0, 0.1) is 17.8 Å². The summed E-state index contributed by atoms with van der Waals surface area (Å²) in [6.07, 6.45) is 11.4. The molecule has 2 N–H and O–H groups in total. The number of nitrogens with two attached hydrogens (primary N) is 1. The van der Waals surface area contributed by atoms with Gasteiger partial charge in [-0.1, -0.05) is 39.0 Å². The monoisotopic (exact) mass is 195 g/mol. The summed E-state index contributed by atoms with van der Waals surface area (Å²) in [6, 6.07) is 0.519. The maximum absolute atomic E-state index is 6.07. The molecular formula is C13H25N. The van der Waals surface area contributed by atoms with Gasteiger partial charge in [0.05, 0.1) is 0 Å². The Hall–Kier alpha value is -0.0400. The normalized spacial score (nSPS) is 45.0. The van der Waals surface area contributed by atoms with Crippen LogP contribution in [0.4, 0.5) is 0 Å². The van der Waals surface area contributed by atoms with Crippen molar-refractivity contribution >= 4 is 0 Å². The summed E-state index contributed by atoms with van der Waals surface area (Å²) in [5.74, 6) is 2.97. The molecule has 0 aromatic heterocycles. The summed E-state index contributed by atoms with van der Waals surface area (Å²) in [5.41, 5.74) is 6.07. The minimum atomic E-state index is 0.519. The second kappa shape index (κ2) is 4.65. The van der Waals surface area contributed by atoms with Gasteiger partial charge in [0, 0.05) is 6.04 Å². The quantitative estimate of drug-likeness (QED) is 0.682. The second-order valence-corrected chi connectivity index (χ2v) is 5.72. The topological polar surface area (TPSA) is 26.0 Å². The van der Waals surface area contributed by atoms with Gasteiger partial charge in [-0.05, 0) is 37.0 Å². The molecule has 2 aliphatic rings. The van der Waals surface area contributed by atoms with Crippen molar-refractivity contribution in [2.75, 3.05) is 0 Å². The van der Waals surface area contributed by atoms with E-state index in [1.165, 1.54) is 51.4 Å². The molecule has 2 fully saturated rings. The third-order valence-electron chi connectivity index (χ3n) is 4.40. The van der Waals surface area contributed by atoms with E-state index >= 15 is 0 Å². The second-order valence-electron chi connectivity index (χ2n) is 5.72. The molecular weight excluding hydrogens is 170 g/mol. The first-order chi connectivity index (χ1) is 6.75. The van der Waals surface area contributed by atoms with E-state index in [-0.39, 0.29) is 0 Å². The molecule has 0 spiro atoms. The third kappa shape index (κ3) is 2.50. The van der Waals surface area contributed by atoms with Crippen LogP contribution in [0.5, 0.6) is 0 Å². The van der Waals surface area contributed by atoms with E-state index in [1.807, 2.05) is 0 Å². The first-order valence-electron chi connectivity index (χ1n) is 6.51. The highest BCUT2D eigenvalue weighted by Gasteiger charge is 2.29. The van der Waals surface area contributed by atoms with Crippen LogP contribution in [0.15, 0.2) is 0 Å². The Bertz CT molecular complexity index is 158. The summed E-state index contributed by atoms with van der Waals surface area (Å²) in [4.78, 5) is 0. The smallest absolute Gasteiger partial charge is 0.00415 e. The third-order valence-corrected chi connectivity index (χ3v) is 4.40. The van der Waals surface area contributed by atoms with Gasteiger partial charge in [-0.3, -0.25) is 0 Å². The molecule has 1 nitrogen and oxygen atoms in total. The van der Waals surface area contributed by atoms with Crippen molar-refractivity contribution in [2.45, 2.75) is 64.3 Å². The van der Waals surface area contributed by atoms with Crippen LogP contribution < -0.4 is 5.73 Å². The molecule has 0 radical (unpaired) electrons. The van der Waals surface area contributed by atoms with E-state index in [2.05, 4.69) is 6.92 Å². The van der Waals surface area contributed by atoms with Gasteiger partial charge in [-0.15, -0.1) is 0 Å². The van der Waals surface area contributed by atoms with Crippen LogP contribution in [0.3, 0.4) is 0 Å². The highest BCUT2D eigenvalue weighted by Crippen LogP contribution is 2.39. The molecule has 4 atom stereocenters. The molecule has 14 heavy (non-hydrogen) atoms. The minimum Gasteiger partial charge on any atom is -0.328 e. The summed E-state index contributed by atoms with van der Waals surface area (Å²) in [6.45, 7) is 2.43. The molecule has 0 saturated heterocycles. The minimum absolute atomic E-state index is 0.519. The van der Waals surface area contributed by atoms with Gasteiger partial charge in [-0.25, -0.2) is 0 Å². The van der Waals surface area contributed by atoms with Gasteiger partial charge >= 0.3 is 0 Å². The molecule has 0 aromatic rings. The molecule has 2 saturated carbocycles. The molecule has 0 heterocycles. The van der Waals surface area contributed by atoms with E-state index in [1.54, 1.807) is 0 Å². The first kappa shape index (κ1) is 10.5. The van der Waals surface area contributed by atoms with Crippen LogP contribution in [-0.4, -0.2) is 6.04 Å². The summed E-state index contributed by atoms with van der Waals surface area (Å²) in [7, 11) is 0. The predicted octanol–water partition coefficient (Wildman–Crippen LogP) is 3.33. The lowest BCUT2D eigenvalue weighted by Gasteiger charge is -2.37. The molecule has 4 unspecified atom stereocenters. The van der Waals surface area contributed by atoms with Gasteiger partial charge < -0.3 is 5.73 Å². The van der Waals surface area contributed by atoms with E-state index in [9.17, 15) is 0 Å². The SMILES string of the molecule is CC1CCCC(C2CCCC(N)C2)C1. The first-order valence-corrected chi connectivity index (χ1v) is 6.51. The molecule has 1 heteroatoms. The Balaban J connectivity index is 1.86. The lowest BCUT2D eigenvalue weighted by Crippen LogP contribution is -2.33. The number of rotatable bonds is 1. The largest absolute Gasteiger partial charge is 0.328 e. The highest BCUT2D eigenvalue weighted by molar-refractivity contribution is 4.83. The van der Waals surface area contributed by atoms with Crippen molar-refractivity contribution in [3.05, 3.63) is 0 Å². The molecule has 2 rings (SSSR count). The lowest BCUT2D eigenvalue weighted by atomic mass is 9.70. The van der Waals surface area contributed by atoms with Crippen LogP contribution >= 0.6 is 0 Å². The molecule has 0 amide bonds. The Morgan fingerprint density at radius 2 is 1.50 bits per heavy atom. The molecule has 0 bridgehead atoms. The van der Waals surface area contributed by atoms with Crippen molar-refractivity contribution < 1.29 is 0 Å². The van der Waals surface area contributed by atoms with Gasteiger partial charge in [0.1, 0.15) is 0 Å². The summed E-state index contributed by atoms with van der Waals surface area (Å²) in [5, 5.41) is 0. The Labute approximate surface area is 88.4 Å². The van der Waals surface area contributed by atoms with Crippen molar-refractivity contribution in [3.63, 3.8) is 0 Å². The van der Waals surface area contributed by atoms with E-state index in [0.29, 0.717) is 6.04 Å². The zero-order chi connectivity index (χ0) is 9.97. The maximum Gasteiger partial charge on any atom is 0.00415 e. The van der Waals surface area contributed by atoms with E-state index in [4.69, 9.17) is 5.73 Å². The van der Waals surface area contributed by atoms with E-state index in [0.717, 1.165) is 17.8 Å². The van der Waals surface area contributed by atoms with Gasteiger partial charge in [0.15, 0.2) is 0 Å². The highest BCUT2D eigenvalue weighted by atomic mass is 14.6. The van der Waals surface area contributed by atoms with Crippen molar-refractivity contribution in [3.8, 4) is 0 Å². The van der Waals surface area contributed by atoms with Crippen molar-refractivity contribution in [2.24, 2.45) is 23.5 Å². The van der Waals surface area contributed by atoms with Gasteiger partial charge in [0.2, 0.25) is 0 Å². The fraction of sp³-hybridized carbons (Fsp3) is 1.00. The summed E-state index contributed by atoms with van der Waals surface area (Å²) >= 11 is 0. The molecule has 0 aliphatic heterocycles. The molecule has 82 valence electrons. The van der Waals surface area contributed by atoms with Gasteiger partial charge in [-0.2, -0.15) is 0 Å². The fourth-order valence-corrected chi connectivity index (χ4v) is 3.60. The molecule has 0 aromatic carbocycles. The van der Waals surface area contributed by atoms with Crippen LogP contribution in [0.25, 0.3) is 0 Å². The Morgan fingerprint density at radius 1 is 0.857 bits per heavy atom. The Morgan fingerprint density at radius 3 is 2.14 bits per heavy atom. The van der Waals surface area contributed by atoms with E-state index < -0.39 is 0 Å². The van der Waals surface area contributed by atoms with Crippen LogP contribution in [0.2, 0.25) is 0 Å². The number of hydrogen-bond donors (Lipinski definition) is 1. The number of hydrogen-bond acceptors (Lipinski definition) is 1. The van der Waals surface area contributed by atoms with Gasteiger partial charge in [0.25, 0.3) is 0 Å². The van der Waals surface area contributed by atoms with Crippen molar-refractivity contribution in [1.82, 2.24) is 0 Å². The van der Waals surface area contributed by atoms with Crippen molar-refractivity contribution in [1.29, 1.82) is 0 Å². The zero-order valence-corrected chi connectivity index (χ0v) is 9.54. The summed E-state index contributed by atoms with van der Waals surface area (Å²) < 4.78 is 0. The average Bonchev–Trinajstić information content (AvgIpc) is 2.18. The molecule has 2 aliphatic carbocycles.